The summed E-state index contributed by atoms with van der Waals surface area (Å²) in [6.07, 6.45) is 12.5. The molecular formula is C31H48ClN3O4S2. The molecule has 1 aromatic carbocycles. The number of Topliss-reactive ketones (excluding diaryl/α,β-unsaturated/α-hetero) is 1. The van der Waals surface area contributed by atoms with Crippen LogP contribution in [0.3, 0.4) is 0 Å². The highest BCUT2D eigenvalue weighted by Crippen LogP contribution is 2.25. The zero-order chi connectivity index (χ0) is 29.8. The van der Waals surface area contributed by atoms with Crippen LogP contribution in [0.4, 0.5) is 0 Å². The van der Waals surface area contributed by atoms with Gasteiger partial charge in [0.05, 0.1) is 5.75 Å². The Bertz CT molecular complexity index is 1120. The highest BCUT2D eigenvalue weighted by Gasteiger charge is 2.17. The highest BCUT2D eigenvalue weighted by molar-refractivity contribution is 7.93. The lowest BCUT2D eigenvalue weighted by Gasteiger charge is -2.07. The van der Waals surface area contributed by atoms with Gasteiger partial charge in [-0.3, -0.25) is 9.59 Å². The second kappa shape index (κ2) is 21.0. The molecular weight excluding hydrogens is 578 g/mol. The number of thiophene rings is 1. The Morgan fingerprint density at radius 3 is 2.17 bits per heavy atom. The monoisotopic (exact) mass is 625 g/mol. The van der Waals surface area contributed by atoms with Crippen molar-refractivity contribution < 1.29 is 18.0 Å². The van der Waals surface area contributed by atoms with Gasteiger partial charge in [0.25, 0.3) is 0 Å². The minimum Gasteiger partial charge on any atom is -0.356 e. The van der Waals surface area contributed by atoms with Gasteiger partial charge in [-0.15, -0.1) is 11.3 Å². The van der Waals surface area contributed by atoms with Gasteiger partial charge in [0.2, 0.25) is 5.91 Å². The van der Waals surface area contributed by atoms with E-state index < -0.39 is 9.84 Å². The number of carbonyl (C=O) groups is 2. The Morgan fingerprint density at radius 2 is 1.41 bits per heavy atom. The second-order valence-corrected chi connectivity index (χ2v) is 14.4. The number of carbonyl (C=O) groups excluding carboxylic acids is 2. The number of hydrogen-bond donors (Lipinski definition) is 3. The van der Waals surface area contributed by atoms with Crippen molar-refractivity contribution in [1.82, 2.24) is 10.6 Å². The van der Waals surface area contributed by atoms with Gasteiger partial charge in [0.1, 0.15) is 4.21 Å². The molecule has 0 fully saturated rings. The standard InChI is InChI=1S/C31H48ClN3O4S2/c32-27-15-13-26(14-16-27)29(36)19-17-28-18-20-31(40-28)41(38,39)25-10-6-3-7-12-30(37)35-24-11-23-34-22-9-5-2-1-4-8-21-33/h13-16,18,20,34H,1-12,17,19,21-25,33H2,(H,35,37). The van der Waals surface area contributed by atoms with Crippen molar-refractivity contribution in [2.75, 3.05) is 31.9 Å². The topological polar surface area (TPSA) is 118 Å². The maximum absolute atomic E-state index is 12.7. The molecule has 1 heterocycles. The van der Waals surface area contributed by atoms with Crippen LogP contribution in [-0.2, 0) is 21.1 Å². The molecule has 41 heavy (non-hydrogen) atoms. The summed E-state index contributed by atoms with van der Waals surface area (Å²) in [6.45, 7) is 3.42. The molecule has 4 N–H and O–H groups in total. The van der Waals surface area contributed by atoms with E-state index in [-0.39, 0.29) is 17.4 Å². The molecule has 0 aliphatic carbocycles. The number of sulfone groups is 1. The molecule has 0 radical (unpaired) electrons. The Kier molecular flexibility index (Phi) is 18.1. The van der Waals surface area contributed by atoms with Crippen molar-refractivity contribution in [3.05, 3.63) is 51.9 Å². The SMILES string of the molecule is NCCCCCCCCNCCCNC(=O)CCCCCCS(=O)(=O)c1ccc(CCC(=O)c2ccc(Cl)cc2)s1. The number of amides is 1. The fourth-order valence-electron chi connectivity index (χ4n) is 4.46. The third kappa shape index (κ3) is 15.9. The molecule has 0 spiro atoms. The predicted molar refractivity (Wildman–Crippen MR) is 171 cm³/mol. The molecule has 0 saturated carbocycles. The van der Waals surface area contributed by atoms with Crippen LogP contribution in [0, 0.1) is 0 Å². The van der Waals surface area contributed by atoms with Gasteiger partial charge in [-0.05, 0) is 94.6 Å². The van der Waals surface area contributed by atoms with E-state index in [9.17, 15) is 18.0 Å². The number of nitrogens with one attached hydrogen (secondary N) is 2. The molecule has 0 aliphatic rings. The van der Waals surface area contributed by atoms with Crippen LogP contribution < -0.4 is 16.4 Å². The van der Waals surface area contributed by atoms with Crippen molar-refractivity contribution in [2.24, 2.45) is 5.73 Å². The van der Waals surface area contributed by atoms with E-state index in [1.807, 2.05) is 0 Å². The molecule has 0 saturated heterocycles. The van der Waals surface area contributed by atoms with Gasteiger partial charge < -0.3 is 16.4 Å². The summed E-state index contributed by atoms with van der Waals surface area (Å²) in [5.74, 6) is 0.177. The van der Waals surface area contributed by atoms with E-state index in [1.165, 1.54) is 43.4 Å². The number of halogens is 1. The molecule has 230 valence electrons. The summed E-state index contributed by atoms with van der Waals surface area (Å²) in [6, 6.07) is 10.2. The van der Waals surface area contributed by atoms with Gasteiger partial charge >= 0.3 is 0 Å². The zero-order valence-corrected chi connectivity index (χ0v) is 26.7. The fraction of sp³-hybridized carbons (Fsp3) is 0.613. The van der Waals surface area contributed by atoms with E-state index in [0.29, 0.717) is 47.0 Å². The maximum atomic E-state index is 12.7. The third-order valence-electron chi connectivity index (χ3n) is 6.94. The molecule has 0 atom stereocenters. The zero-order valence-electron chi connectivity index (χ0n) is 24.3. The average Bonchev–Trinajstić information content (AvgIpc) is 3.45. The van der Waals surface area contributed by atoms with Crippen LogP contribution in [0.15, 0.2) is 40.6 Å². The van der Waals surface area contributed by atoms with Gasteiger partial charge in [0.15, 0.2) is 15.6 Å². The molecule has 1 aromatic heterocycles. The smallest absolute Gasteiger partial charge is 0.219 e. The highest BCUT2D eigenvalue weighted by atomic mass is 35.5. The summed E-state index contributed by atoms with van der Waals surface area (Å²) in [7, 11) is -3.34. The molecule has 0 bridgehead atoms. The van der Waals surface area contributed by atoms with E-state index in [4.69, 9.17) is 17.3 Å². The minimum absolute atomic E-state index is 0.0106. The number of nitrogens with two attached hydrogens (primary N) is 1. The van der Waals surface area contributed by atoms with Crippen LogP contribution in [0.2, 0.25) is 5.02 Å². The largest absolute Gasteiger partial charge is 0.356 e. The number of hydrogen-bond acceptors (Lipinski definition) is 7. The van der Waals surface area contributed by atoms with Gasteiger partial charge in [-0.25, -0.2) is 8.42 Å². The van der Waals surface area contributed by atoms with Crippen molar-refractivity contribution in [2.45, 2.75) is 94.1 Å². The summed E-state index contributed by atoms with van der Waals surface area (Å²) in [5.41, 5.74) is 6.11. The molecule has 10 heteroatoms. The molecule has 2 rings (SSSR count). The lowest BCUT2D eigenvalue weighted by molar-refractivity contribution is -0.121. The normalized spacial score (nSPS) is 11.6. The first-order valence-electron chi connectivity index (χ1n) is 15.1. The van der Waals surface area contributed by atoms with Gasteiger partial charge in [-0.1, -0.05) is 50.1 Å². The Morgan fingerprint density at radius 1 is 0.756 bits per heavy atom. The van der Waals surface area contributed by atoms with Crippen molar-refractivity contribution in [3.63, 3.8) is 0 Å². The van der Waals surface area contributed by atoms with Crippen LogP contribution in [-0.4, -0.2) is 52.0 Å². The van der Waals surface area contributed by atoms with Crippen LogP contribution in [0.5, 0.6) is 0 Å². The van der Waals surface area contributed by atoms with E-state index in [0.717, 1.165) is 56.6 Å². The molecule has 0 aliphatic heterocycles. The molecule has 1 amide bonds. The summed E-state index contributed by atoms with van der Waals surface area (Å²) in [4.78, 5) is 25.3. The Balaban J connectivity index is 1.48. The minimum atomic E-state index is -3.34. The predicted octanol–water partition coefficient (Wildman–Crippen LogP) is 6.34. The first-order valence-corrected chi connectivity index (χ1v) is 17.9. The molecule has 2 aromatic rings. The van der Waals surface area contributed by atoms with Crippen LogP contribution >= 0.6 is 22.9 Å². The summed E-state index contributed by atoms with van der Waals surface area (Å²) >= 11 is 7.12. The number of aryl methyl sites for hydroxylation is 1. The number of ketones is 1. The lowest BCUT2D eigenvalue weighted by atomic mass is 10.1. The third-order valence-corrected chi connectivity index (χ3v) is 10.7. The second-order valence-electron chi connectivity index (χ2n) is 10.5. The maximum Gasteiger partial charge on any atom is 0.219 e. The Hall–Kier alpha value is -1.78. The van der Waals surface area contributed by atoms with Crippen molar-refractivity contribution in [3.8, 4) is 0 Å². The molecule has 0 unspecified atom stereocenters. The number of unbranched alkanes of at least 4 members (excludes halogenated alkanes) is 8. The first kappa shape index (κ1) is 35.4. The van der Waals surface area contributed by atoms with Crippen molar-refractivity contribution in [1.29, 1.82) is 0 Å². The Labute approximate surface area is 255 Å². The lowest BCUT2D eigenvalue weighted by Crippen LogP contribution is -2.27. The first-order chi connectivity index (χ1) is 19.8. The van der Waals surface area contributed by atoms with E-state index in [2.05, 4.69) is 10.6 Å². The summed E-state index contributed by atoms with van der Waals surface area (Å²) in [5, 5.41) is 6.99. The quantitative estimate of drug-likeness (QED) is 0.0926. The molecule has 7 nitrogen and oxygen atoms in total. The van der Waals surface area contributed by atoms with E-state index >= 15 is 0 Å². The van der Waals surface area contributed by atoms with Gasteiger partial charge in [-0.2, -0.15) is 0 Å². The number of rotatable bonds is 24. The number of benzene rings is 1. The van der Waals surface area contributed by atoms with Gasteiger partial charge in [0, 0.05) is 34.8 Å². The summed E-state index contributed by atoms with van der Waals surface area (Å²) < 4.78 is 25.8. The fourth-order valence-corrected chi connectivity index (χ4v) is 7.46. The average molecular weight is 626 g/mol. The van der Waals surface area contributed by atoms with Crippen LogP contribution in [0.1, 0.15) is 98.7 Å². The van der Waals surface area contributed by atoms with Crippen LogP contribution in [0.25, 0.3) is 0 Å². The van der Waals surface area contributed by atoms with E-state index in [1.54, 1.807) is 36.4 Å². The van der Waals surface area contributed by atoms with Crippen molar-refractivity contribution >= 4 is 44.5 Å².